The van der Waals surface area contributed by atoms with Gasteiger partial charge >= 0.3 is 0 Å². The number of benzene rings is 7. The number of amides is 2. The van der Waals surface area contributed by atoms with Gasteiger partial charge in [-0.1, -0.05) is 57.0 Å². The summed E-state index contributed by atoms with van der Waals surface area (Å²) < 4.78 is 90.9. The molecule has 380 valence electrons. The summed E-state index contributed by atoms with van der Waals surface area (Å²) in [7, 11) is -7.73. The van der Waals surface area contributed by atoms with E-state index < -0.39 is 64.7 Å². The Labute approximate surface area is 429 Å². The number of phenolic OH excluding ortho intramolecular Hbond substituents is 2. The Morgan fingerprint density at radius 3 is 1.79 bits per heavy atom. The minimum atomic E-state index is -5.23. The number of nitrogens with one attached hydrogen (secondary N) is 2. The molecule has 8 N–H and O–H groups in total. The second-order valence-electron chi connectivity index (χ2n) is 14.7. The number of aryl methyl sites for hydroxylation is 1. The maximum Gasteiger partial charge on any atom is 0.296 e. The highest BCUT2D eigenvalue weighted by molar-refractivity contribution is 7.95. The number of azo groups is 2. The molecule has 2 amide bonds. The number of nitrogens with zero attached hydrogens (tertiary/aromatic N) is 4. The lowest BCUT2D eigenvalue weighted by atomic mass is 10.1. The predicted octanol–water partition coefficient (Wildman–Crippen LogP) is 11.7. The molecule has 73 heavy (non-hydrogen) atoms. The molecule has 0 atom stereocenters. The van der Waals surface area contributed by atoms with Gasteiger partial charge in [-0.05, 0) is 78.4 Å². The van der Waals surface area contributed by atoms with Crippen LogP contribution in [0.4, 0.5) is 34.1 Å². The van der Waals surface area contributed by atoms with E-state index in [0.717, 1.165) is 23.8 Å². The molecule has 0 radical (unpaired) electrons. The Kier molecular flexibility index (Phi) is 16.7. The molecule has 7 rings (SSSR count). The van der Waals surface area contributed by atoms with Crippen LogP contribution in [0.5, 0.6) is 23.0 Å². The van der Waals surface area contributed by atoms with Gasteiger partial charge in [0.1, 0.15) is 39.1 Å². The van der Waals surface area contributed by atoms with E-state index in [0.29, 0.717) is 12.0 Å². The molecule has 0 bridgehead atoms. The average molecular weight is 1120 g/mol. The van der Waals surface area contributed by atoms with Crippen LogP contribution < -0.4 is 20.1 Å². The number of ether oxygens (including phenoxy) is 2. The standard InChI is InChI=1S/C43H32Cl2N6O18S4/c1-19-7-9-20(10-8-19)42(54)46-30-16-24(72(58,59)60)12-22-13-33(71-69-67-57)38(40(52)36(22)30)50-48-27-17-32(65-3)28(18-31(27)64-2)49-51-39-34(73(61,62)63)14-21-11-23(70-68-66-56)15-29(35(21)41(39)53)47-43(55)25-5-4-6-26(44)37(25)45/h4-18,52-53,56-57H,1-3H3,(H,46,54)(H,47,55)(H,58,59,60)(H,61,62,63). The number of carbonyl (C=O) groups excluding carboxylic acids is 2. The fraction of sp³-hybridized carbons (Fsp3) is 0.0698. The zero-order chi connectivity index (χ0) is 52.9. The van der Waals surface area contributed by atoms with Crippen LogP contribution in [0, 0.1) is 6.92 Å². The highest BCUT2D eigenvalue weighted by Gasteiger charge is 2.27. The van der Waals surface area contributed by atoms with Gasteiger partial charge in [0.2, 0.25) is 0 Å². The van der Waals surface area contributed by atoms with Crippen LogP contribution >= 0.6 is 47.3 Å². The first kappa shape index (κ1) is 54.0. The molecule has 0 aliphatic rings. The number of phenols is 2. The number of anilines is 2. The molecule has 0 aliphatic carbocycles. The fourth-order valence-corrected chi connectivity index (χ4v) is 9.40. The van der Waals surface area contributed by atoms with E-state index in [-0.39, 0.29) is 98.8 Å². The Hall–Kier alpha value is -6.74. The van der Waals surface area contributed by atoms with E-state index in [9.17, 15) is 45.7 Å². The van der Waals surface area contributed by atoms with Crippen LogP contribution in [0.15, 0.2) is 131 Å². The molecule has 7 aromatic rings. The number of rotatable bonds is 18. The van der Waals surface area contributed by atoms with Crippen molar-refractivity contribution in [2.24, 2.45) is 20.5 Å². The molecule has 0 spiro atoms. The van der Waals surface area contributed by atoms with E-state index in [1.165, 1.54) is 74.9 Å². The maximum atomic E-state index is 13.5. The van der Waals surface area contributed by atoms with E-state index in [1.807, 2.05) is 0 Å². The summed E-state index contributed by atoms with van der Waals surface area (Å²) in [5.74, 6) is -3.51. The monoisotopic (exact) mass is 1120 g/mol. The van der Waals surface area contributed by atoms with Crippen LogP contribution in [-0.2, 0) is 39.0 Å². The Bertz CT molecular complexity index is 3650. The fourth-order valence-electron chi connectivity index (χ4n) is 6.87. The smallest absolute Gasteiger partial charge is 0.296 e. The highest BCUT2D eigenvalue weighted by Crippen LogP contribution is 2.50. The van der Waals surface area contributed by atoms with Crippen LogP contribution in [0.3, 0.4) is 0 Å². The van der Waals surface area contributed by atoms with E-state index in [4.69, 9.17) is 43.2 Å². The summed E-state index contributed by atoms with van der Waals surface area (Å²) in [5.41, 5.74) is -1.20. The van der Waals surface area contributed by atoms with E-state index in [1.54, 1.807) is 19.1 Å². The summed E-state index contributed by atoms with van der Waals surface area (Å²) in [4.78, 5) is 25.1. The summed E-state index contributed by atoms with van der Waals surface area (Å²) in [5, 5.41) is 69.5. The number of halogens is 2. The lowest BCUT2D eigenvalue weighted by molar-refractivity contribution is -0.432. The van der Waals surface area contributed by atoms with Crippen molar-refractivity contribution in [1.29, 1.82) is 0 Å². The molecule has 0 heterocycles. The van der Waals surface area contributed by atoms with Crippen molar-refractivity contribution in [1.82, 2.24) is 0 Å². The molecule has 0 fully saturated rings. The number of aromatic hydroxyl groups is 2. The second kappa shape index (κ2) is 22.6. The van der Waals surface area contributed by atoms with Crippen LogP contribution in [0.2, 0.25) is 10.0 Å². The number of fused-ring (bicyclic) bond motifs is 2. The van der Waals surface area contributed by atoms with Gasteiger partial charge in [0, 0.05) is 33.4 Å². The largest absolute Gasteiger partial charge is 0.505 e. The molecular weight excluding hydrogens is 1090 g/mol. The van der Waals surface area contributed by atoms with Crippen LogP contribution in [0.25, 0.3) is 21.5 Å². The lowest BCUT2D eigenvalue weighted by Crippen LogP contribution is -2.13. The first-order chi connectivity index (χ1) is 34.7. The van der Waals surface area contributed by atoms with Crippen molar-refractivity contribution in [2.75, 3.05) is 24.9 Å². The number of carbonyl (C=O) groups is 2. The van der Waals surface area contributed by atoms with Crippen molar-refractivity contribution in [2.45, 2.75) is 26.5 Å². The molecule has 0 unspecified atom stereocenters. The van der Waals surface area contributed by atoms with Gasteiger partial charge in [-0.15, -0.1) is 29.1 Å². The minimum absolute atomic E-state index is 0.0401. The third-order valence-corrected chi connectivity index (χ3v) is 13.8. The summed E-state index contributed by atoms with van der Waals surface area (Å²) in [6, 6.07) is 19.4. The van der Waals surface area contributed by atoms with Crippen molar-refractivity contribution < 1.29 is 84.5 Å². The third kappa shape index (κ3) is 12.0. The topological polar surface area (TPSA) is 353 Å². The van der Waals surface area contributed by atoms with Gasteiger partial charge in [0.25, 0.3) is 32.1 Å². The van der Waals surface area contributed by atoms with Crippen molar-refractivity contribution in [3.63, 3.8) is 0 Å². The number of hydrogen-bond acceptors (Lipinski definition) is 22. The van der Waals surface area contributed by atoms with Crippen LogP contribution in [0.1, 0.15) is 26.3 Å². The first-order valence-electron chi connectivity index (χ1n) is 19.8. The predicted molar refractivity (Wildman–Crippen MR) is 264 cm³/mol. The maximum absolute atomic E-state index is 13.5. The molecule has 7 aromatic carbocycles. The van der Waals surface area contributed by atoms with Crippen molar-refractivity contribution in [3.05, 3.63) is 118 Å². The quantitative estimate of drug-likeness (QED) is 0.0130. The van der Waals surface area contributed by atoms with Gasteiger partial charge in [-0.3, -0.25) is 18.7 Å². The van der Waals surface area contributed by atoms with Crippen molar-refractivity contribution in [3.8, 4) is 23.0 Å². The van der Waals surface area contributed by atoms with Gasteiger partial charge in [0.15, 0.2) is 11.5 Å². The second-order valence-corrected chi connectivity index (χ2v) is 19.8. The average Bonchev–Trinajstić information content (AvgIpc) is 3.34. The first-order valence-corrected chi connectivity index (χ1v) is 24.9. The molecule has 0 aliphatic heterocycles. The molecule has 0 saturated carbocycles. The zero-order valence-corrected chi connectivity index (χ0v) is 41.7. The zero-order valence-electron chi connectivity index (χ0n) is 36.9. The van der Waals surface area contributed by atoms with Crippen molar-refractivity contribution >= 4 is 135 Å². The Morgan fingerprint density at radius 1 is 0.644 bits per heavy atom. The van der Waals surface area contributed by atoms with E-state index >= 15 is 0 Å². The lowest BCUT2D eigenvalue weighted by Gasteiger charge is -2.16. The molecular formula is C43H32Cl2N6O18S4. The molecule has 0 saturated heterocycles. The van der Waals surface area contributed by atoms with Crippen LogP contribution in [-0.4, -0.2) is 72.7 Å². The molecule has 24 nitrogen and oxygen atoms in total. The minimum Gasteiger partial charge on any atom is -0.505 e. The number of hydrogen-bond donors (Lipinski definition) is 8. The van der Waals surface area contributed by atoms with Gasteiger partial charge < -0.3 is 30.3 Å². The third-order valence-electron chi connectivity index (χ3n) is 10.1. The highest BCUT2D eigenvalue weighted by atomic mass is 35.5. The van der Waals surface area contributed by atoms with Gasteiger partial charge in [0.05, 0.1) is 75.1 Å². The molecule has 30 heteroatoms. The summed E-state index contributed by atoms with van der Waals surface area (Å²) in [6.45, 7) is 1.80. The van der Waals surface area contributed by atoms with Gasteiger partial charge in [-0.2, -0.15) is 16.8 Å². The Morgan fingerprint density at radius 2 is 1.21 bits per heavy atom. The summed E-state index contributed by atoms with van der Waals surface area (Å²) >= 11 is 13.1. The Balaban J connectivity index is 1.33. The normalized spacial score (nSPS) is 12.0. The number of methoxy groups -OCH3 is 2. The van der Waals surface area contributed by atoms with Gasteiger partial charge in [-0.25, -0.2) is 10.5 Å². The molecule has 0 aromatic heterocycles. The SMILES string of the molecule is COc1cc(N=Nc2c(S(=O)(=O)O)cc3cc(SOOO)cc(NC(=O)c4cccc(Cl)c4Cl)c3c2O)c(OC)cc1N=Nc1c(SOOO)cc2cc(S(=O)(=O)O)cc(NC(=O)c3ccc(C)cc3)c2c1O. The van der Waals surface area contributed by atoms with E-state index in [2.05, 4.69) is 49.8 Å². The summed E-state index contributed by atoms with van der Waals surface area (Å²) in [6.07, 6.45) is 0.